The van der Waals surface area contributed by atoms with E-state index >= 15 is 0 Å². The van der Waals surface area contributed by atoms with E-state index in [1.165, 1.54) is 12.1 Å². The Labute approximate surface area is 131 Å². The lowest BCUT2D eigenvalue weighted by Gasteiger charge is -2.34. The number of nitrogens with zero attached hydrogens (tertiary/aromatic N) is 2. The normalized spacial score (nSPS) is 15.8. The summed E-state index contributed by atoms with van der Waals surface area (Å²) in [6.45, 7) is 6.91. The first kappa shape index (κ1) is 16.7. The molecule has 0 aliphatic carbocycles. The molecule has 0 radical (unpaired) electrons. The van der Waals surface area contributed by atoms with Crippen LogP contribution in [0.25, 0.3) is 0 Å². The molecule has 4 nitrogen and oxygen atoms in total. The van der Waals surface area contributed by atoms with Crippen molar-refractivity contribution in [1.29, 1.82) is 0 Å². The monoisotopic (exact) mass is 308 g/mol. The fourth-order valence-electron chi connectivity index (χ4n) is 2.53. The lowest BCUT2D eigenvalue weighted by molar-refractivity contribution is -0.133. The van der Waals surface area contributed by atoms with Crippen LogP contribution in [0.1, 0.15) is 26.2 Å². The molecule has 0 bridgehead atoms. The van der Waals surface area contributed by atoms with Gasteiger partial charge in [-0.25, -0.2) is 4.39 Å². The number of amides is 1. The van der Waals surface area contributed by atoms with Crippen LogP contribution in [0, 0.1) is 5.82 Å². The summed E-state index contributed by atoms with van der Waals surface area (Å²) in [5.74, 6) is 0.718. The minimum absolute atomic E-state index is 0.254. The molecule has 1 amide bonds. The van der Waals surface area contributed by atoms with E-state index in [9.17, 15) is 9.18 Å². The Morgan fingerprint density at radius 2 is 1.86 bits per heavy atom. The third kappa shape index (κ3) is 5.30. The number of carbonyl (C=O) groups excluding carboxylic acids is 1. The molecule has 0 saturated carbocycles. The van der Waals surface area contributed by atoms with Crippen LogP contribution in [0.2, 0.25) is 0 Å². The molecule has 0 aromatic heterocycles. The van der Waals surface area contributed by atoms with E-state index < -0.39 is 0 Å². The number of hydrogen-bond donors (Lipinski definition) is 0. The molecule has 5 heteroatoms. The minimum atomic E-state index is -0.254. The molecule has 1 saturated heterocycles. The molecule has 0 unspecified atom stereocenters. The van der Waals surface area contributed by atoms with Crippen molar-refractivity contribution >= 4 is 5.91 Å². The fraction of sp³-hybridized carbons (Fsp3) is 0.588. The van der Waals surface area contributed by atoms with Crippen LogP contribution in [0.5, 0.6) is 5.75 Å². The van der Waals surface area contributed by atoms with Crippen molar-refractivity contribution in [2.45, 2.75) is 26.2 Å². The molecule has 122 valence electrons. The highest BCUT2D eigenvalue weighted by atomic mass is 19.1. The van der Waals surface area contributed by atoms with Gasteiger partial charge in [0.25, 0.3) is 0 Å². The standard InChI is InChI=1S/C17H25FN2O2/c1-2-3-4-17(21)20-11-9-19(10-12-20)13-14-22-16-7-5-15(18)6-8-16/h5-8H,2-4,9-14H2,1H3. The van der Waals surface area contributed by atoms with Gasteiger partial charge in [-0.3, -0.25) is 9.69 Å². The van der Waals surface area contributed by atoms with Crippen LogP contribution in [-0.4, -0.2) is 55.0 Å². The van der Waals surface area contributed by atoms with Crippen LogP contribution >= 0.6 is 0 Å². The predicted octanol–water partition coefficient (Wildman–Crippen LogP) is 2.54. The molecule has 0 spiro atoms. The highest BCUT2D eigenvalue weighted by molar-refractivity contribution is 5.76. The van der Waals surface area contributed by atoms with Crippen molar-refractivity contribution in [2.24, 2.45) is 0 Å². The lowest BCUT2D eigenvalue weighted by Crippen LogP contribution is -2.49. The maximum absolute atomic E-state index is 12.8. The smallest absolute Gasteiger partial charge is 0.222 e. The number of halogens is 1. The number of carbonyl (C=O) groups is 1. The van der Waals surface area contributed by atoms with Crippen molar-refractivity contribution in [3.63, 3.8) is 0 Å². The molecule has 1 aromatic rings. The van der Waals surface area contributed by atoms with Crippen molar-refractivity contribution in [2.75, 3.05) is 39.3 Å². The van der Waals surface area contributed by atoms with Crippen molar-refractivity contribution < 1.29 is 13.9 Å². The Hall–Kier alpha value is -1.62. The first-order valence-electron chi connectivity index (χ1n) is 8.07. The third-order valence-corrected chi connectivity index (χ3v) is 3.96. The zero-order valence-corrected chi connectivity index (χ0v) is 13.3. The molecule has 1 aliphatic rings. The lowest BCUT2D eigenvalue weighted by atomic mass is 10.2. The van der Waals surface area contributed by atoms with Crippen LogP contribution in [0.4, 0.5) is 4.39 Å². The highest BCUT2D eigenvalue weighted by Crippen LogP contribution is 2.11. The maximum atomic E-state index is 12.8. The minimum Gasteiger partial charge on any atom is -0.492 e. The topological polar surface area (TPSA) is 32.8 Å². The molecule has 2 rings (SSSR count). The molecule has 1 fully saturated rings. The number of rotatable bonds is 7. The van der Waals surface area contributed by atoms with Gasteiger partial charge in [-0.05, 0) is 30.7 Å². The first-order chi connectivity index (χ1) is 10.7. The highest BCUT2D eigenvalue weighted by Gasteiger charge is 2.20. The van der Waals surface area contributed by atoms with E-state index in [0.29, 0.717) is 18.8 Å². The predicted molar refractivity (Wildman–Crippen MR) is 84.4 cm³/mol. The quantitative estimate of drug-likeness (QED) is 0.776. The molecule has 0 N–H and O–H groups in total. The Kier molecular flexibility index (Phi) is 6.65. The van der Waals surface area contributed by atoms with Crippen molar-refractivity contribution in [3.05, 3.63) is 30.1 Å². The van der Waals surface area contributed by atoms with E-state index in [0.717, 1.165) is 45.6 Å². The number of unbranched alkanes of at least 4 members (excludes halogenated alkanes) is 1. The van der Waals surface area contributed by atoms with Gasteiger partial charge in [-0.1, -0.05) is 13.3 Å². The summed E-state index contributed by atoms with van der Waals surface area (Å²) in [5, 5.41) is 0. The summed E-state index contributed by atoms with van der Waals surface area (Å²) in [4.78, 5) is 16.2. The van der Waals surface area contributed by atoms with Crippen molar-refractivity contribution in [1.82, 2.24) is 9.80 Å². The third-order valence-electron chi connectivity index (χ3n) is 3.96. The first-order valence-corrected chi connectivity index (χ1v) is 8.07. The average Bonchev–Trinajstić information content (AvgIpc) is 2.55. The Bertz CT molecular complexity index is 456. The number of benzene rings is 1. The van der Waals surface area contributed by atoms with Crippen LogP contribution in [-0.2, 0) is 4.79 Å². The zero-order valence-electron chi connectivity index (χ0n) is 13.3. The second kappa shape index (κ2) is 8.73. The van der Waals surface area contributed by atoms with Gasteiger partial charge in [-0.15, -0.1) is 0 Å². The Morgan fingerprint density at radius 3 is 2.50 bits per heavy atom. The van der Waals surface area contributed by atoms with E-state index in [2.05, 4.69) is 11.8 Å². The van der Waals surface area contributed by atoms with Gasteiger partial charge in [-0.2, -0.15) is 0 Å². The number of piperazine rings is 1. The molecule has 1 heterocycles. The number of ether oxygens (including phenoxy) is 1. The summed E-state index contributed by atoms with van der Waals surface area (Å²) in [6, 6.07) is 6.07. The van der Waals surface area contributed by atoms with Gasteiger partial charge in [0.05, 0.1) is 0 Å². The Balaban J connectivity index is 1.63. The summed E-state index contributed by atoms with van der Waals surface area (Å²) in [6.07, 6.45) is 2.71. The van der Waals surface area contributed by atoms with E-state index in [-0.39, 0.29) is 11.7 Å². The van der Waals surface area contributed by atoms with Crippen LogP contribution < -0.4 is 4.74 Å². The summed E-state index contributed by atoms with van der Waals surface area (Å²) in [5.41, 5.74) is 0. The van der Waals surface area contributed by atoms with Crippen LogP contribution in [0.15, 0.2) is 24.3 Å². The van der Waals surface area contributed by atoms with Gasteiger partial charge >= 0.3 is 0 Å². The fourth-order valence-corrected chi connectivity index (χ4v) is 2.53. The Morgan fingerprint density at radius 1 is 1.18 bits per heavy atom. The molecular formula is C17H25FN2O2. The second-order valence-electron chi connectivity index (χ2n) is 5.63. The maximum Gasteiger partial charge on any atom is 0.222 e. The summed E-state index contributed by atoms with van der Waals surface area (Å²) >= 11 is 0. The van der Waals surface area contributed by atoms with Gasteiger partial charge in [0.1, 0.15) is 18.2 Å². The average molecular weight is 308 g/mol. The summed E-state index contributed by atoms with van der Waals surface area (Å²) in [7, 11) is 0. The van der Waals surface area contributed by atoms with Gasteiger partial charge < -0.3 is 9.64 Å². The molecule has 1 aliphatic heterocycles. The largest absolute Gasteiger partial charge is 0.492 e. The molecule has 0 atom stereocenters. The van der Waals surface area contributed by atoms with Crippen LogP contribution in [0.3, 0.4) is 0 Å². The SMILES string of the molecule is CCCCC(=O)N1CCN(CCOc2ccc(F)cc2)CC1. The van der Waals surface area contributed by atoms with Gasteiger partial charge in [0.2, 0.25) is 5.91 Å². The molecule has 1 aromatic carbocycles. The van der Waals surface area contributed by atoms with Gasteiger partial charge in [0.15, 0.2) is 0 Å². The van der Waals surface area contributed by atoms with E-state index in [1.54, 1.807) is 12.1 Å². The van der Waals surface area contributed by atoms with Crippen molar-refractivity contribution in [3.8, 4) is 5.75 Å². The molecule has 22 heavy (non-hydrogen) atoms. The second-order valence-corrected chi connectivity index (χ2v) is 5.63. The van der Waals surface area contributed by atoms with E-state index in [1.807, 2.05) is 4.90 Å². The molecular weight excluding hydrogens is 283 g/mol. The van der Waals surface area contributed by atoms with Gasteiger partial charge in [0, 0.05) is 39.1 Å². The summed E-state index contributed by atoms with van der Waals surface area (Å²) < 4.78 is 18.4. The van der Waals surface area contributed by atoms with E-state index in [4.69, 9.17) is 4.74 Å². The zero-order chi connectivity index (χ0) is 15.8. The number of hydrogen-bond acceptors (Lipinski definition) is 3.